The van der Waals surface area contributed by atoms with Gasteiger partial charge in [-0.1, -0.05) is 36.4 Å². The van der Waals surface area contributed by atoms with E-state index in [1.807, 2.05) is 43.6 Å². The Morgan fingerprint density at radius 2 is 1.81 bits per heavy atom. The molecule has 0 radical (unpaired) electrons. The van der Waals surface area contributed by atoms with Gasteiger partial charge in [0.2, 0.25) is 0 Å². The zero-order chi connectivity index (χ0) is 18.0. The number of hydrogen-bond donors (Lipinski definition) is 1. The number of benzene rings is 1. The molecule has 27 heavy (non-hydrogen) atoms. The van der Waals surface area contributed by atoms with Crippen LogP contribution in [0.25, 0.3) is 0 Å². The molecule has 1 aliphatic rings. The maximum atomic E-state index is 5.72. The zero-order valence-electron chi connectivity index (χ0n) is 15.8. The summed E-state index contributed by atoms with van der Waals surface area (Å²) in [6.07, 6.45) is 1.84. The number of anilines is 1. The van der Waals surface area contributed by atoms with Crippen molar-refractivity contribution >= 4 is 35.8 Å². The molecule has 1 saturated heterocycles. The van der Waals surface area contributed by atoms with E-state index in [1.165, 1.54) is 5.56 Å². The Balaban J connectivity index is 0.00000261. The Bertz CT molecular complexity index is 675. The molecule has 0 saturated carbocycles. The zero-order valence-corrected chi connectivity index (χ0v) is 18.1. The molecule has 1 aliphatic heterocycles. The molecule has 0 unspecified atom stereocenters. The van der Waals surface area contributed by atoms with Crippen LogP contribution in [0.15, 0.2) is 59.7 Å². The van der Waals surface area contributed by atoms with Crippen LogP contribution in [0.3, 0.4) is 0 Å². The van der Waals surface area contributed by atoms with Crippen LogP contribution in [-0.2, 0) is 11.3 Å². The number of guanidine groups is 1. The predicted molar refractivity (Wildman–Crippen MR) is 121 cm³/mol. The van der Waals surface area contributed by atoms with Gasteiger partial charge in [0.15, 0.2) is 5.96 Å². The number of halogens is 1. The molecule has 6 nitrogen and oxygen atoms in total. The van der Waals surface area contributed by atoms with Gasteiger partial charge in [-0.15, -0.1) is 24.0 Å². The first-order chi connectivity index (χ1) is 12.9. The number of nitrogens with one attached hydrogen (secondary N) is 1. The summed E-state index contributed by atoms with van der Waals surface area (Å²) >= 11 is 0. The molecule has 0 aliphatic carbocycles. The normalized spacial score (nSPS) is 14.6. The van der Waals surface area contributed by atoms with Gasteiger partial charge in [-0.25, -0.2) is 4.98 Å². The van der Waals surface area contributed by atoms with Crippen molar-refractivity contribution in [2.75, 3.05) is 51.3 Å². The molecular weight excluding hydrogens is 453 g/mol. The third-order valence-corrected chi connectivity index (χ3v) is 4.41. The second kappa shape index (κ2) is 11.8. The molecule has 0 amide bonds. The number of aliphatic imine (C=N–C) groups is 1. The quantitative estimate of drug-likeness (QED) is 0.298. The van der Waals surface area contributed by atoms with Crippen LogP contribution in [0.1, 0.15) is 5.56 Å². The molecule has 3 rings (SSSR count). The van der Waals surface area contributed by atoms with E-state index in [0.29, 0.717) is 13.2 Å². The smallest absolute Gasteiger partial charge is 0.193 e. The van der Waals surface area contributed by atoms with Crippen molar-refractivity contribution < 1.29 is 4.74 Å². The van der Waals surface area contributed by atoms with Gasteiger partial charge in [-0.3, -0.25) is 4.99 Å². The minimum absolute atomic E-state index is 0. The molecule has 0 spiro atoms. The summed E-state index contributed by atoms with van der Waals surface area (Å²) in [7, 11) is 1.83. The van der Waals surface area contributed by atoms with Crippen molar-refractivity contribution in [2.45, 2.75) is 6.61 Å². The minimum Gasteiger partial charge on any atom is -0.375 e. The second-order valence-corrected chi connectivity index (χ2v) is 6.17. The van der Waals surface area contributed by atoms with Crippen LogP contribution >= 0.6 is 24.0 Å². The van der Waals surface area contributed by atoms with E-state index in [2.05, 4.69) is 43.3 Å². The molecular formula is C20H28IN5O. The van der Waals surface area contributed by atoms with Crippen LogP contribution < -0.4 is 10.2 Å². The van der Waals surface area contributed by atoms with E-state index >= 15 is 0 Å². The van der Waals surface area contributed by atoms with Crippen molar-refractivity contribution in [1.29, 1.82) is 0 Å². The molecule has 7 heteroatoms. The molecule has 0 atom stereocenters. The lowest BCUT2D eigenvalue weighted by molar-refractivity contribution is 0.125. The fourth-order valence-electron chi connectivity index (χ4n) is 3.02. The van der Waals surface area contributed by atoms with Gasteiger partial charge in [0.05, 0.1) is 13.2 Å². The van der Waals surface area contributed by atoms with E-state index in [4.69, 9.17) is 4.74 Å². The predicted octanol–water partition coefficient (Wildman–Crippen LogP) is 2.61. The van der Waals surface area contributed by atoms with Crippen LogP contribution in [0.4, 0.5) is 5.82 Å². The molecule has 0 bridgehead atoms. The van der Waals surface area contributed by atoms with Crippen LogP contribution in [0, 0.1) is 0 Å². The van der Waals surface area contributed by atoms with Gasteiger partial charge < -0.3 is 19.9 Å². The molecule has 1 aromatic carbocycles. The van der Waals surface area contributed by atoms with Crippen LogP contribution in [0.5, 0.6) is 0 Å². The van der Waals surface area contributed by atoms with Gasteiger partial charge in [0.25, 0.3) is 0 Å². The first-order valence-corrected chi connectivity index (χ1v) is 9.10. The minimum atomic E-state index is 0. The topological polar surface area (TPSA) is 53.0 Å². The SMILES string of the molecule is CN=C(NCCOCc1ccccc1)N1CCN(c2ccccn2)CC1.I. The Labute approximate surface area is 178 Å². The van der Waals surface area contributed by atoms with Crippen molar-refractivity contribution in [1.82, 2.24) is 15.2 Å². The average Bonchev–Trinajstić information content (AvgIpc) is 2.72. The number of pyridine rings is 1. The lowest BCUT2D eigenvalue weighted by Gasteiger charge is -2.37. The highest BCUT2D eigenvalue weighted by Gasteiger charge is 2.20. The third-order valence-electron chi connectivity index (χ3n) is 4.41. The summed E-state index contributed by atoms with van der Waals surface area (Å²) in [5.74, 6) is 1.98. The molecule has 146 valence electrons. The highest BCUT2D eigenvalue weighted by Crippen LogP contribution is 2.12. The third kappa shape index (κ3) is 6.66. The summed E-state index contributed by atoms with van der Waals surface area (Å²) in [5, 5.41) is 3.40. The lowest BCUT2D eigenvalue weighted by atomic mass is 10.2. The Morgan fingerprint density at radius 1 is 1.07 bits per heavy atom. The summed E-state index contributed by atoms with van der Waals surface area (Å²) in [4.78, 5) is 13.4. The number of nitrogens with zero attached hydrogens (tertiary/aromatic N) is 4. The summed E-state index contributed by atoms with van der Waals surface area (Å²) in [6, 6.07) is 16.3. The van der Waals surface area contributed by atoms with Gasteiger partial charge >= 0.3 is 0 Å². The standard InChI is InChI=1S/C20H27N5O.HI/c1-21-20(23-11-16-26-17-18-7-3-2-4-8-18)25-14-12-24(13-15-25)19-9-5-6-10-22-19;/h2-10H,11-17H2,1H3,(H,21,23);1H. The second-order valence-electron chi connectivity index (χ2n) is 6.17. The van der Waals surface area contributed by atoms with Gasteiger partial charge in [0, 0.05) is 46.0 Å². The van der Waals surface area contributed by atoms with Gasteiger partial charge in [-0.2, -0.15) is 0 Å². The van der Waals surface area contributed by atoms with E-state index in [0.717, 1.165) is 44.5 Å². The van der Waals surface area contributed by atoms with E-state index in [1.54, 1.807) is 0 Å². The number of rotatable bonds is 6. The first-order valence-electron chi connectivity index (χ1n) is 9.10. The molecule has 1 fully saturated rings. The summed E-state index contributed by atoms with van der Waals surface area (Å²) < 4.78 is 5.72. The van der Waals surface area contributed by atoms with Gasteiger partial charge in [-0.05, 0) is 17.7 Å². The molecule has 1 aromatic heterocycles. The van der Waals surface area contributed by atoms with Crippen molar-refractivity contribution in [3.05, 3.63) is 60.3 Å². The highest BCUT2D eigenvalue weighted by molar-refractivity contribution is 14.0. The van der Waals surface area contributed by atoms with Crippen molar-refractivity contribution in [3.8, 4) is 0 Å². The summed E-state index contributed by atoms with van der Waals surface area (Å²) in [5.41, 5.74) is 1.20. The fourth-order valence-corrected chi connectivity index (χ4v) is 3.02. The molecule has 1 N–H and O–H groups in total. The van der Waals surface area contributed by atoms with E-state index in [-0.39, 0.29) is 24.0 Å². The number of piperazine rings is 1. The number of aromatic nitrogens is 1. The Hall–Kier alpha value is -1.87. The maximum Gasteiger partial charge on any atom is 0.193 e. The monoisotopic (exact) mass is 481 g/mol. The summed E-state index contributed by atoms with van der Waals surface area (Å²) in [6.45, 7) is 5.80. The van der Waals surface area contributed by atoms with Gasteiger partial charge in [0.1, 0.15) is 5.82 Å². The lowest BCUT2D eigenvalue weighted by Crippen LogP contribution is -2.53. The average molecular weight is 481 g/mol. The Morgan fingerprint density at radius 3 is 2.48 bits per heavy atom. The maximum absolute atomic E-state index is 5.72. The molecule has 2 aromatic rings. The fraction of sp³-hybridized carbons (Fsp3) is 0.400. The Kier molecular flexibility index (Phi) is 9.34. The van der Waals surface area contributed by atoms with E-state index < -0.39 is 0 Å². The van der Waals surface area contributed by atoms with Crippen LogP contribution in [0.2, 0.25) is 0 Å². The molecule has 2 heterocycles. The van der Waals surface area contributed by atoms with Crippen LogP contribution in [-0.4, -0.2) is 62.2 Å². The van der Waals surface area contributed by atoms with E-state index in [9.17, 15) is 0 Å². The largest absolute Gasteiger partial charge is 0.375 e. The highest BCUT2D eigenvalue weighted by atomic mass is 127. The van der Waals surface area contributed by atoms with Crippen molar-refractivity contribution in [3.63, 3.8) is 0 Å². The number of hydrogen-bond acceptors (Lipinski definition) is 4. The number of ether oxygens (including phenoxy) is 1. The van der Waals surface area contributed by atoms with Crippen molar-refractivity contribution in [2.24, 2.45) is 4.99 Å². The first kappa shape index (κ1) is 21.4.